The molecule has 3 unspecified atom stereocenters. The quantitative estimate of drug-likeness (QED) is 0.873. The van der Waals surface area contributed by atoms with Crippen molar-refractivity contribution < 1.29 is 0 Å². The van der Waals surface area contributed by atoms with Crippen molar-refractivity contribution in [1.82, 2.24) is 10.2 Å². The van der Waals surface area contributed by atoms with Crippen LogP contribution in [0, 0.1) is 5.92 Å². The van der Waals surface area contributed by atoms with Crippen LogP contribution in [0.1, 0.15) is 31.4 Å². The van der Waals surface area contributed by atoms with Crippen molar-refractivity contribution >= 4 is 35.6 Å². The van der Waals surface area contributed by atoms with Gasteiger partial charge in [-0.3, -0.25) is 4.90 Å². The molecule has 20 heavy (non-hydrogen) atoms. The lowest BCUT2D eigenvalue weighted by Gasteiger charge is -2.38. The second kappa shape index (κ2) is 6.85. The number of hydrogen-bond donors (Lipinski definition) is 1. The second-order valence-electron chi connectivity index (χ2n) is 5.74. The molecule has 3 atom stereocenters. The number of halogens is 3. The average molecular weight is 336 g/mol. The predicted molar refractivity (Wildman–Crippen MR) is 88.2 cm³/mol. The molecule has 5 heteroatoms. The molecule has 1 aromatic rings. The van der Waals surface area contributed by atoms with E-state index in [2.05, 4.69) is 23.2 Å². The Kier molecular flexibility index (Phi) is 5.61. The zero-order valence-electron chi connectivity index (χ0n) is 11.6. The van der Waals surface area contributed by atoms with Crippen LogP contribution >= 0.6 is 35.6 Å². The Morgan fingerprint density at radius 1 is 1.25 bits per heavy atom. The van der Waals surface area contributed by atoms with E-state index in [1.165, 1.54) is 31.5 Å². The van der Waals surface area contributed by atoms with Crippen LogP contribution < -0.4 is 5.32 Å². The van der Waals surface area contributed by atoms with Crippen LogP contribution in [0.4, 0.5) is 0 Å². The maximum absolute atomic E-state index is 6.13. The van der Waals surface area contributed by atoms with Crippen LogP contribution in [0.3, 0.4) is 0 Å². The summed E-state index contributed by atoms with van der Waals surface area (Å²) in [6.07, 6.45) is 2.57. The predicted octanol–water partition coefficient (Wildman–Crippen LogP) is 4.16. The molecule has 0 aromatic heterocycles. The molecule has 2 nitrogen and oxygen atoms in total. The fourth-order valence-electron chi connectivity index (χ4n) is 3.41. The molecule has 2 aliphatic heterocycles. The first-order valence-corrected chi connectivity index (χ1v) is 7.83. The summed E-state index contributed by atoms with van der Waals surface area (Å²) in [5, 5.41) is 4.90. The molecular formula is C15H21Cl3N2. The van der Waals surface area contributed by atoms with E-state index in [1.807, 2.05) is 12.1 Å². The maximum Gasteiger partial charge on any atom is 0.0595 e. The highest BCUT2D eigenvalue weighted by atomic mass is 35.5. The van der Waals surface area contributed by atoms with Gasteiger partial charge in [-0.2, -0.15) is 0 Å². The molecule has 0 bridgehead atoms. The van der Waals surface area contributed by atoms with E-state index >= 15 is 0 Å². The molecule has 1 aromatic carbocycles. The fraction of sp³-hybridized carbons (Fsp3) is 0.600. The van der Waals surface area contributed by atoms with Crippen LogP contribution in [-0.2, 0) is 0 Å². The summed E-state index contributed by atoms with van der Waals surface area (Å²) in [6.45, 7) is 5.81. The molecule has 112 valence electrons. The summed E-state index contributed by atoms with van der Waals surface area (Å²) in [7, 11) is 0. The minimum atomic E-state index is 0. The molecule has 2 aliphatic rings. The van der Waals surface area contributed by atoms with Gasteiger partial charge in [0.25, 0.3) is 0 Å². The van der Waals surface area contributed by atoms with Crippen molar-refractivity contribution in [3.05, 3.63) is 33.8 Å². The number of nitrogens with one attached hydrogen (secondary N) is 1. The summed E-state index contributed by atoms with van der Waals surface area (Å²) in [5.74, 6) is 0.818. The van der Waals surface area contributed by atoms with E-state index < -0.39 is 0 Å². The lowest BCUT2D eigenvalue weighted by atomic mass is 9.91. The third-order valence-electron chi connectivity index (χ3n) is 4.66. The van der Waals surface area contributed by atoms with Crippen molar-refractivity contribution in [3.63, 3.8) is 0 Å². The number of benzene rings is 1. The first-order valence-electron chi connectivity index (χ1n) is 7.07. The van der Waals surface area contributed by atoms with E-state index in [0.717, 1.165) is 18.5 Å². The highest BCUT2D eigenvalue weighted by molar-refractivity contribution is 6.42. The SMILES string of the molecule is CC(c1ccc(Cl)c(Cl)c1)N1CCC2NCCC2C1.Cl. The minimum absolute atomic E-state index is 0. The lowest BCUT2D eigenvalue weighted by Crippen LogP contribution is -2.45. The van der Waals surface area contributed by atoms with Crippen molar-refractivity contribution in [1.29, 1.82) is 0 Å². The van der Waals surface area contributed by atoms with E-state index in [1.54, 1.807) is 0 Å². The van der Waals surface area contributed by atoms with Crippen molar-refractivity contribution in [2.45, 2.75) is 31.8 Å². The van der Waals surface area contributed by atoms with Gasteiger partial charge in [-0.05, 0) is 49.9 Å². The first kappa shape index (κ1) is 16.4. The highest BCUT2D eigenvalue weighted by Gasteiger charge is 2.34. The lowest BCUT2D eigenvalue weighted by molar-refractivity contribution is 0.122. The van der Waals surface area contributed by atoms with Gasteiger partial charge < -0.3 is 5.32 Å². The monoisotopic (exact) mass is 334 g/mol. The largest absolute Gasteiger partial charge is 0.314 e. The number of rotatable bonds is 2. The molecule has 3 rings (SSSR count). The summed E-state index contributed by atoms with van der Waals surface area (Å²) >= 11 is 12.1. The topological polar surface area (TPSA) is 15.3 Å². The van der Waals surface area contributed by atoms with E-state index in [0.29, 0.717) is 16.1 Å². The van der Waals surface area contributed by atoms with Gasteiger partial charge in [-0.25, -0.2) is 0 Å². The van der Waals surface area contributed by atoms with Gasteiger partial charge in [0.1, 0.15) is 0 Å². The second-order valence-corrected chi connectivity index (χ2v) is 6.56. The molecular weight excluding hydrogens is 315 g/mol. The van der Waals surface area contributed by atoms with Crippen molar-refractivity contribution in [2.75, 3.05) is 19.6 Å². The molecule has 0 aliphatic carbocycles. The number of nitrogens with zero attached hydrogens (tertiary/aromatic N) is 1. The molecule has 0 saturated carbocycles. The standard InChI is InChI=1S/C15H20Cl2N2.ClH/c1-10(11-2-3-13(16)14(17)8-11)19-7-5-15-12(9-19)4-6-18-15;/h2-3,8,10,12,15,18H,4-7,9H2,1H3;1H. The maximum atomic E-state index is 6.13. The van der Waals surface area contributed by atoms with Crippen LogP contribution in [-0.4, -0.2) is 30.6 Å². The van der Waals surface area contributed by atoms with Crippen LogP contribution in [0.5, 0.6) is 0 Å². The Balaban J connectivity index is 0.00000147. The molecule has 1 N–H and O–H groups in total. The zero-order chi connectivity index (χ0) is 13.4. The number of piperidine rings is 1. The first-order chi connectivity index (χ1) is 9.15. The summed E-state index contributed by atoms with van der Waals surface area (Å²) in [4.78, 5) is 2.58. The molecule has 0 amide bonds. The number of hydrogen-bond acceptors (Lipinski definition) is 2. The Bertz CT molecular complexity index is 466. The van der Waals surface area contributed by atoms with Crippen LogP contribution in [0.15, 0.2) is 18.2 Å². The smallest absolute Gasteiger partial charge is 0.0595 e. The Morgan fingerprint density at radius 3 is 2.80 bits per heavy atom. The Hall–Kier alpha value is 0.01000. The normalized spacial score (nSPS) is 27.8. The van der Waals surface area contributed by atoms with Crippen molar-refractivity contribution in [3.8, 4) is 0 Å². The highest BCUT2D eigenvalue weighted by Crippen LogP contribution is 2.32. The third-order valence-corrected chi connectivity index (χ3v) is 5.40. The average Bonchev–Trinajstić information content (AvgIpc) is 2.88. The van der Waals surface area contributed by atoms with Crippen molar-refractivity contribution in [2.24, 2.45) is 5.92 Å². The van der Waals surface area contributed by atoms with Crippen LogP contribution in [0.2, 0.25) is 10.0 Å². The molecule has 2 heterocycles. The zero-order valence-corrected chi connectivity index (χ0v) is 13.9. The van der Waals surface area contributed by atoms with Crippen LogP contribution in [0.25, 0.3) is 0 Å². The molecule has 2 saturated heterocycles. The number of likely N-dealkylation sites (tertiary alicyclic amines) is 1. The van der Waals surface area contributed by atoms with E-state index in [4.69, 9.17) is 23.2 Å². The third kappa shape index (κ3) is 3.26. The van der Waals surface area contributed by atoms with Gasteiger partial charge in [-0.15, -0.1) is 12.4 Å². The van der Waals surface area contributed by atoms with E-state index in [9.17, 15) is 0 Å². The van der Waals surface area contributed by atoms with Gasteiger partial charge in [0, 0.05) is 25.2 Å². The van der Waals surface area contributed by atoms with Gasteiger partial charge in [0.2, 0.25) is 0 Å². The summed E-state index contributed by atoms with van der Waals surface area (Å²) in [6, 6.07) is 7.17. The molecule has 0 radical (unpaired) electrons. The fourth-order valence-corrected chi connectivity index (χ4v) is 3.72. The van der Waals surface area contributed by atoms with E-state index in [-0.39, 0.29) is 12.4 Å². The molecule has 0 spiro atoms. The minimum Gasteiger partial charge on any atom is -0.314 e. The Morgan fingerprint density at radius 2 is 2.05 bits per heavy atom. The van der Waals surface area contributed by atoms with Gasteiger partial charge >= 0.3 is 0 Å². The van der Waals surface area contributed by atoms with Gasteiger partial charge in [0.05, 0.1) is 10.0 Å². The van der Waals surface area contributed by atoms with Gasteiger partial charge in [-0.1, -0.05) is 29.3 Å². The molecule has 2 fully saturated rings. The summed E-state index contributed by atoms with van der Waals surface area (Å²) < 4.78 is 0. The summed E-state index contributed by atoms with van der Waals surface area (Å²) in [5.41, 5.74) is 1.26. The number of fused-ring (bicyclic) bond motifs is 1. The Labute approximate surface area is 137 Å². The van der Waals surface area contributed by atoms with Gasteiger partial charge in [0.15, 0.2) is 0 Å².